The van der Waals surface area contributed by atoms with Crippen molar-refractivity contribution in [1.29, 1.82) is 0 Å². The van der Waals surface area contributed by atoms with E-state index in [2.05, 4.69) is 10.2 Å². The van der Waals surface area contributed by atoms with Crippen LogP contribution < -0.4 is 15.0 Å². The fourth-order valence-electron chi connectivity index (χ4n) is 2.00. The average Bonchev–Trinajstić information content (AvgIpc) is 2.61. The summed E-state index contributed by atoms with van der Waals surface area (Å²) in [4.78, 5) is 13.6. The monoisotopic (exact) mass is 226 g/mol. The molecule has 6 heteroatoms. The van der Waals surface area contributed by atoms with Gasteiger partial charge < -0.3 is 20.1 Å². The van der Waals surface area contributed by atoms with Crippen molar-refractivity contribution in [2.45, 2.75) is 0 Å². The Morgan fingerprint density at radius 3 is 3.20 bits per heavy atom. The minimum atomic E-state index is -0.887. The zero-order chi connectivity index (χ0) is 10.4. The third-order valence-corrected chi connectivity index (χ3v) is 3.72. The number of aromatic carboxylic acids is 1. The van der Waals surface area contributed by atoms with Crippen molar-refractivity contribution in [3.8, 4) is 5.06 Å². The van der Waals surface area contributed by atoms with E-state index in [1.165, 1.54) is 11.3 Å². The van der Waals surface area contributed by atoms with Crippen LogP contribution in [0, 0.1) is 0 Å². The molecule has 0 aliphatic carbocycles. The number of ether oxygens (including phenoxy) is 1. The fraction of sp³-hybridized carbons (Fsp3) is 0.444. The van der Waals surface area contributed by atoms with Crippen LogP contribution in [0.5, 0.6) is 5.06 Å². The first-order valence-electron chi connectivity index (χ1n) is 4.79. The Hall–Kier alpha value is -1.43. The molecule has 0 saturated heterocycles. The largest absolute Gasteiger partial charge is 0.480 e. The second-order valence-corrected chi connectivity index (χ2v) is 4.49. The standard InChI is InChI=1S/C9H10N2O3S/c12-8(13)7-5-6-9(15-7)14-4-3-11(6)2-1-10-5/h10H,1-4H2,(H,12,13). The zero-order valence-corrected chi connectivity index (χ0v) is 8.76. The number of thiophene rings is 1. The second-order valence-electron chi connectivity index (χ2n) is 3.51. The van der Waals surface area contributed by atoms with Crippen molar-refractivity contribution in [2.75, 3.05) is 36.5 Å². The molecule has 0 fully saturated rings. The molecule has 80 valence electrons. The molecule has 2 N–H and O–H groups in total. The summed E-state index contributed by atoms with van der Waals surface area (Å²) in [5.74, 6) is -0.887. The highest BCUT2D eigenvalue weighted by Crippen LogP contribution is 2.49. The number of carbonyl (C=O) groups is 1. The highest BCUT2D eigenvalue weighted by molar-refractivity contribution is 7.17. The Morgan fingerprint density at radius 2 is 2.40 bits per heavy atom. The van der Waals surface area contributed by atoms with Gasteiger partial charge in [-0.05, 0) is 0 Å². The van der Waals surface area contributed by atoms with Gasteiger partial charge >= 0.3 is 5.97 Å². The Balaban J connectivity index is 2.19. The van der Waals surface area contributed by atoms with E-state index in [1.54, 1.807) is 0 Å². The average molecular weight is 226 g/mol. The van der Waals surface area contributed by atoms with Crippen LogP contribution in [-0.2, 0) is 0 Å². The van der Waals surface area contributed by atoms with E-state index in [0.29, 0.717) is 11.5 Å². The Labute approximate surface area is 90.3 Å². The molecule has 0 radical (unpaired) electrons. The minimum absolute atomic E-state index is 0.353. The van der Waals surface area contributed by atoms with Gasteiger partial charge in [-0.3, -0.25) is 0 Å². The first-order valence-corrected chi connectivity index (χ1v) is 5.60. The molecule has 0 unspecified atom stereocenters. The molecule has 15 heavy (non-hydrogen) atoms. The highest BCUT2D eigenvalue weighted by Gasteiger charge is 2.32. The highest BCUT2D eigenvalue weighted by atomic mass is 32.1. The van der Waals surface area contributed by atoms with Gasteiger partial charge in [0.1, 0.15) is 17.2 Å². The summed E-state index contributed by atoms with van der Waals surface area (Å²) in [6.45, 7) is 3.20. The molecule has 2 aliphatic heterocycles. The third-order valence-electron chi connectivity index (χ3n) is 2.64. The van der Waals surface area contributed by atoms with Crippen molar-refractivity contribution in [2.24, 2.45) is 0 Å². The van der Waals surface area contributed by atoms with E-state index in [1.807, 2.05) is 0 Å². The van der Waals surface area contributed by atoms with Gasteiger partial charge in [-0.15, -0.1) is 0 Å². The van der Waals surface area contributed by atoms with Gasteiger partial charge in [-0.2, -0.15) is 0 Å². The second kappa shape index (κ2) is 3.03. The molecule has 5 nitrogen and oxygen atoms in total. The van der Waals surface area contributed by atoms with Gasteiger partial charge in [0.25, 0.3) is 0 Å². The number of nitrogens with zero attached hydrogens (tertiary/aromatic N) is 1. The molecular formula is C9H10N2O3S. The number of rotatable bonds is 1. The number of hydrogen-bond donors (Lipinski definition) is 2. The summed E-state index contributed by atoms with van der Waals surface area (Å²) in [6, 6.07) is 0. The lowest BCUT2D eigenvalue weighted by Gasteiger charge is -2.33. The normalized spacial score (nSPS) is 17.7. The van der Waals surface area contributed by atoms with Crippen molar-refractivity contribution < 1.29 is 14.6 Å². The molecular weight excluding hydrogens is 216 g/mol. The van der Waals surface area contributed by atoms with Crippen molar-refractivity contribution in [3.05, 3.63) is 4.88 Å². The van der Waals surface area contributed by atoms with E-state index >= 15 is 0 Å². The molecule has 1 aromatic heterocycles. The smallest absolute Gasteiger partial charge is 0.348 e. The van der Waals surface area contributed by atoms with Crippen LogP contribution >= 0.6 is 11.3 Å². The van der Waals surface area contributed by atoms with Crippen LogP contribution in [0.3, 0.4) is 0 Å². The van der Waals surface area contributed by atoms with E-state index in [4.69, 9.17) is 9.84 Å². The quantitative estimate of drug-likeness (QED) is 0.750. The van der Waals surface area contributed by atoms with Crippen LogP contribution in [-0.4, -0.2) is 37.3 Å². The molecule has 3 heterocycles. The van der Waals surface area contributed by atoms with Crippen molar-refractivity contribution >= 4 is 28.7 Å². The van der Waals surface area contributed by atoms with Crippen LogP contribution in [0.4, 0.5) is 11.4 Å². The number of nitrogens with one attached hydrogen (secondary N) is 1. The maximum Gasteiger partial charge on any atom is 0.348 e. The molecule has 0 aromatic carbocycles. The molecule has 0 saturated carbocycles. The summed E-state index contributed by atoms with van der Waals surface area (Å²) < 4.78 is 5.47. The lowest BCUT2D eigenvalue weighted by molar-refractivity contribution is 0.0703. The van der Waals surface area contributed by atoms with Gasteiger partial charge in [0.2, 0.25) is 5.06 Å². The number of carboxylic acids is 1. The molecule has 0 bridgehead atoms. The maximum atomic E-state index is 11.0. The Bertz CT molecular complexity index is 427. The van der Waals surface area contributed by atoms with E-state index < -0.39 is 5.97 Å². The first kappa shape index (κ1) is 8.84. The van der Waals surface area contributed by atoms with Gasteiger partial charge in [0.05, 0.1) is 12.2 Å². The zero-order valence-electron chi connectivity index (χ0n) is 7.95. The fourth-order valence-corrected chi connectivity index (χ4v) is 3.01. The van der Waals surface area contributed by atoms with Gasteiger partial charge in [-0.1, -0.05) is 11.3 Å². The van der Waals surface area contributed by atoms with E-state index in [0.717, 1.165) is 36.1 Å². The molecule has 3 rings (SSSR count). The summed E-state index contributed by atoms with van der Waals surface area (Å²) in [5, 5.41) is 12.9. The Kier molecular flexibility index (Phi) is 1.79. The summed E-state index contributed by atoms with van der Waals surface area (Å²) in [5.41, 5.74) is 1.67. The lowest BCUT2D eigenvalue weighted by atomic mass is 10.2. The summed E-state index contributed by atoms with van der Waals surface area (Å²) in [6.07, 6.45) is 0. The van der Waals surface area contributed by atoms with Gasteiger partial charge in [0, 0.05) is 13.1 Å². The molecule has 0 atom stereocenters. The maximum absolute atomic E-state index is 11.0. The molecule has 0 spiro atoms. The van der Waals surface area contributed by atoms with Crippen LogP contribution in [0.2, 0.25) is 0 Å². The van der Waals surface area contributed by atoms with Crippen molar-refractivity contribution in [1.82, 2.24) is 0 Å². The number of anilines is 2. The summed E-state index contributed by atoms with van der Waals surface area (Å²) in [7, 11) is 0. The van der Waals surface area contributed by atoms with Crippen LogP contribution in [0.15, 0.2) is 0 Å². The third kappa shape index (κ3) is 1.18. The van der Waals surface area contributed by atoms with Gasteiger partial charge in [-0.25, -0.2) is 4.79 Å². The van der Waals surface area contributed by atoms with Crippen LogP contribution in [0.1, 0.15) is 9.67 Å². The lowest BCUT2D eigenvalue weighted by Crippen LogP contribution is -2.39. The Morgan fingerprint density at radius 1 is 1.53 bits per heavy atom. The summed E-state index contributed by atoms with van der Waals surface area (Å²) >= 11 is 1.21. The topological polar surface area (TPSA) is 61.8 Å². The molecule has 2 aliphatic rings. The first-order chi connectivity index (χ1) is 7.27. The molecule has 1 aromatic rings. The molecule has 0 amide bonds. The predicted octanol–water partition coefficient (Wildman–Crippen LogP) is 1.07. The minimum Gasteiger partial charge on any atom is -0.480 e. The van der Waals surface area contributed by atoms with Crippen LogP contribution in [0.25, 0.3) is 0 Å². The number of hydrogen-bond acceptors (Lipinski definition) is 5. The SMILES string of the molecule is O=C(O)c1sc2c3c1NCCN3CCO2. The van der Waals surface area contributed by atoms with Gasteiger partial charge in [0.15, 0.2) is 0 Å². The van der Waals surface area contributed by atoms with E-state index in [9.17, 15) is 4.79 Å². The van der Waals surface area contributed by atoms with E-state index in [-0.39, 0.29) is 0 Å². The van der Waals surface area contributed by atoms with Crippen molar-refractivity contribution in [3.63, 3.8) is 0 Å². The predicted molar refractivity (Wildman–Crippen MR) is 57.5 cm³/mol. The number of carboxylic acid groups (broad SMARTS) is 1.